The molecular weight excluding hydrogens is 267 g/mol. The molecule has 106 valence electrons. The lowest BCUT2D eigenvalue weighted by Gasteiger charge is -2.11. The summed E-state index contributed by atoms with van der Waals surface area (Å²) >= 11 is 0. The van der Waals surface area contributed by atoms with Gasteiger partial charge in [0.25, 0.3) is 5.56 Å². The van der Waals surface area contributed by atoms with Crippen LogP contribution in [-0.2, 0) is 13.0 Å². The third kappa shape index (κ3) is 2.65. The molecule has 3 rings (SSSR count). The fourth-order valence-electron chi connectivity index (χ4n) is 2.48. The van der Waals surface area contributed by atoms with Crippen LogP contribution in [0.3, 0.4) is 0 Å². The summed E-state index contributed by atoms with van der Waals surface area (Å²) < 4.78 is 14.7. The Morgan fingerprint density at radius 3 is 2.67 bits per heavy atom. The van der Waals surface area contributed by atoms with E-state index in [1.165, 1.54) is 16.7 Å². The van der Waals surface area contributed by atoms with E-state index in [-0.39, 0.29) is 11.4 Å². The second kappa shape index (κ2) is 5.40. The molecule has 0 aliphatic rings. The zero-order valence-corrected chi connectivity index (χ0v) is 11.4. The van der Waals surface area contributed by atoms with Gasteiger partial charge in [0.15, 0.2) is 0 Å². The quantitative estimate of drug-likeness (QED) is 0.803. The van der Waals surface area contributed by atoms with Crippen molar-refractivity contribution in [3.05, 3.63) is 76.3 Å². The van der Waals surface area contributed by atoms with Crippen molar-refractivity contribution in [1.29, 1.82) is 0 Å². The molecule has 3 nitrogen and oxygen atoms in total. The Kier molecular flexibility index (Phi) is 3.44. The SMILES string of the molecule is Nc1cc2ccccc2c(=O)n1CCc1cccc(F)c1. The predicted octanol–water partition coefficient (Wildman–Crippen LogP) is 2.97. The average molecular weight is 282 g/mol. The summed E-state index contributed by atoms with van der Waals surface area (Å²) in [5.74, 6) is 0.154. The minimum Gasteiger partial charge on any atom is -0.385 e. The van der Waals surface area contributed by atoms with Gasteiger partial charge in [0.2, 0.25) is 0 Å². The molecule has 0 aliphatic carbocycles. The van der Waals surface area contributed by atoms with E-state index in [2.05, 4.69) is 0 Å². The number of anilines is 1. The standard InChI is InChI=1S/C17H15FN2O/c18-14-6-3-4-12(10-14)8-9-20-16(19)11-13-5-1-2-7-15(13)17(20)21/h1-7,10-11H,8-9,19H2. The summed E-state index contributed by atoms with van der Waals surface area (Å²) in [5, 5.41) is 1.48. The minimum absolute atomic E-state index is 0.109. The number of rotatable bonds is 3. The smallest absolute Gasteiger partial charge is 0.259 e. The van der Waals surface area contributed by atoms with Gasteiger partial charge in [0, 0.05) is 11.9 Å². The monoisotopic (exact) mass is 282 g/mol. The molecule has 21 heavy (non-hydrogen) atoms. The molecule has 4 heteroatoms. The lowest BCUT2D eigenvalue weighted by molar-refractivity contribution is 0.621. The lowest BCUT2D eigenvalue weighted by Crippen LogP contribution is -2.24. The number of halogens is 1. The van der Waals surface area contributed by atoms with Crippen LogP contribution in [0.1, 0.15) is 5.56 Å². The van der Waals surface area contributed by atoms with Crippen molar-refractivity contribution in [2.75, 3.05) is 5.73 Å². The van der Waals surface area contributed by atoms with Crippen LogP contribution >= 0.6 is 0 Å². The molecule has 0 atom stereocenters. The summed E-state index contributed by atoms with van der Waals surface area (Å²) in [7, 11) is 0. The van der Waals surface area contributed by atoms with Gasteiger partial charge >= 0.3 is 0 Å². The molecule has 2 N–H and O–H groups in total. The molecule has 0 fully saturated rings. The number of benzene rings is 2. The number of hydrogen-bond acceptors (Lipinski definition) is 2. The molecular formula is C17H15FN2O. The number of fused-ring (bicyclic) bond motifs is 1. The highest BCUT2D eigenvalue weighted by atomic mass is 19.1. The molecule has 0 bridgehead atoms. The topological polar surface area (TPSA) is 48.0 Å². The van der Waals surface area contributed by atoms with Crippen molar-refractivity contribution in [2.24, 2.45) is 0 Å². The number of aromatic nitrogens is 1. The highest BCUT2D eigenvalue weighted by molar-refractivity contribution is 5.83. The van der Waals surface area contributed by atoms with E-state index in [9.17, 15) is 9.18 Å². The van der Waals surface area contributed by atoms with Crippen molar-refractivity contribution in [3.63, 3.8) is 0 Å². The molecule has 0 saturated carbocycles. The van der Waals surface area contributed by atoms with Gasteiger partial charge in [-0.05, 0) is 41.6 Å². The van der Waals surface area contributed by atoms with Gasteiger partial charge in [-0.3, -0.25) is 9.36 Å². The minimum atomic E-state index is -0.272. The molecule has 1 heterocycles. The van der Waals surface area contributed by atoms with E-state index < -0.39 is 0 Å². The predicted molar refractivity (Wildman–Crippen MR) is 82.7 cm³/mol. The van der Waals surface area contributed by atoms with Crippen LogP contribution in [0.25, 0.3) is 10.8 Å². The van der Waals surface area contributed by atoms with Crippen LogP contribution in [0.5, 0.6) is 0 Å². The molecule has 0 radical (unpaired) electrons. The van der Waals surface area contributed by atoms with Gasteiger partial charge in [-0.25, -0.2) is 4.39 Å². The van der Waals surface area contributed by atoms with Crippen LogP contribution in [-0.4, -0.2) is 4.57 Å². The van der Waals surface area contributed by atoms with Crippen LogP contribution in [0.15, 0.2) is 59.4 Å². The van der Waals surface area contributed by atoms with Crippen LogP contribution < -0.4 is 11.3 Å². The van der Waals surface area contributed by atoms with Gasteiger partial charge in [0.05, 0.1) is 0 Å². The van der Waals surface area contributed by atoms with Gasteiger partial charge in [-0.15, -0.1) is 0 Å². The maximum absolute atomic E-state index is 13.2. The number of nitrogens with two attached hydrogens (primary N) is 1. The Balaban J connectivity index is 1.95. The largest absolute Gasteiger partial charge is 0.385 e. The molecule has 0 aliphatic heterocycles. The number of nitrogen functional groups attached to an aromatic ring is 1. The molecule has 2 aromatic carbocycles. The Morgan fingerprint density at radius 2 is 1.86 bits per heavy atom. The zero-order valence-electron chi connectivity index (χ0n) is 11.4. The first-order chi connectivity index (χ1) is 10.1. The average Bonchev–Trinajstić information content (AvgIpc) is 2.47. The summed E-state index contributed by atoms with van der Waals surface area (Å²) in [6.45, 7) is 0.430. The van der Waals surface area contributed by atoms with Crippen molar-refractivity contribution in [1.82, 2.24) is 4.57 Å². The van der Waals surface area contributed by atoms with E-state index in [0.29, 0.717) is 24.2 Å². The van der Waals surface area contributed by atoms with Crippen LogP contribution in [0.2, 0.25) is 0 Å². The maximum atomic E-state index is 13.2. The first-order valence-electron chi connectivity index (χ1n) is 6.77. The van der Waals surface area contributed by atoms with Crippen molar-refractivity contribution < 1.29 is 4.39 Å². The third-order valence-corrected chi connectivity index (χ3v) is 3.56. The van der Waals surface area contributed by atoms with Crippen LogP contribution in [0.4, 0.5) is 10.2 Å². The molecule has 1 aromatic heterocycles. The van der Waals surface area contributed by atoms with Gasteiger partial charge < -0.3 is 5.73 Å². The fourth-order valence-corrected chi connectivity index (χ4v) is 2.48. The van der Waals surface area contributed by atoms with Gasteiger partial charge in [-0.1, -0.05) is 30.3 Å². The molecule has 0 spiro atoms. The highest BCUT2D eigenvalue weighted by Crippen LogP contribution is 2.14. The third-order valence-electron chi connectivity index (χ3n) is 3.56. The van der Waals surface area contributed by atoms with Gasteiger partial charge in [-0.2, -0.15) is 0 Å². The Hall–Kier alpha value is -2.62. The molecule has 0 amide bonds. The Bertz CT molecular complexity index is 855. The summed E-state index contributed by atoms with van der Waals surface area (Å²) in [5.41, 5.74) is 6.70. The fraction of sp³-hybridized carbons (Fsp3) is 0.118. The van der Waals surface area contributed by atoms with Crippen molar-refractivity contribution in [2.45, 2.75) is 13.0 Å². The summed E-state index contributed by atoms with van der Waals surface area (Å²) in [4.78, 5) is 12.4. The second-order valence-electron chi connectivity index (χ2n) is 4.99. The number of nitrogens with zero attached hydrogens (tertiary/aromatic N) is 1. The van der Waals surface area contributed by atoms with E-state index in [0.717, 1.165) is 10.9 Å². The normalized spacial score (nSPS) is 10.9. The Labute approximate surface area is 121 Å². The van der Waals surface area contributed by atoms with Crippen molar-refractivity contribution in [3.8, 4) is 0 Å². The van der Waals surface area contributed by atoms with Crippen LogP contribution in [0, 0.1) is 5.82 Å². The summed E-state index contributed by atoms with van der Waals surface area (Å²) in [6.07, 6.45) is 0.556. The first kappa shape index (κ1) is 13.4. The molecule has 0 saturated heterocycles. The second-order valence-corrected chi connectivity index (χ2v) is 4.99. The van der Waals surface area contributed by atoms with Gasteiger partial charge in [0.1, 0.15) is 11.6 Å². The number of hydrogen-bond donors (Lipinski definition) is 1. The van der Waals surface area contributed by atoms with Crippen molar-refractivity contribution >= 4 is 16.6 Å². The maximum Gasteiger partial charge on any atom is 0.259 e. The van der Waals surface area contributed by atoms with E-state index in [4.69, 9.17) is 5.73 Å². The molecule has 0 unspecified atom stereocenters. The molecule has 3 aromatic rings. The highest BCUT2D eigenvalue weighted by Gasteiger charge is 2.07. The zero-order chi connectivity index (χ0) is 14.8. The number of aryl methyl sites for hydroxylation is 1. The number of pyridine rings is 1. The van der Waals surface area contributed by atoms with E-state index in [1.807, 2.05) is 24.3 Å². The summed E-state index contributed by atoms with van der Waals surface area (Å²) in [6, 6.07) is 15.5. The van der Waals surface area contributed by atoms with E-state index >= 15 is 0 Å². The van der Waals surface area contributed by atoms with E-state index in [1.54, 1.807) is 18.2 Å². The Morgan fingerprint density at radius 1 is 1.05 bits per heavy atom. The first-order valence-corrected chi connectivity index (χ1v) is 6.77. The lowest BCUT2D eigenvalue weighted by atomic mass is 10.1.